The first-order chi connectivity index (χ1) is 17.4. The van der Waals surface area contributed by atoms with Gasteiger partial charge in [-0.1, -0.05) is 6.07 Å². The summed E-state index contributed by atoms with van der Waals surface area (Å²) in [7, 11) is 3.01. The van der Waals surface area contributed by atoms with Crippen LogP contribution in [0.15, 0.2) is 54.6 Å². The number of hydrogen-bond donors (Lipinski definition) is 1. The Hall–Kier alpha value is -4.58. The molecule has 4 rings (SSSR count). The van der Waals surface area contributed by atoms with Crippen LogP contribution in [-0.4, -0.2) is 37.5 Å². The van der Waals surface area contributed by atoms with Crippen molar-refractivity contribution in [2.45, 2.75) is 19.5 Å². The Morgan fingerprint density at radius 1 is 1.17 bits per heavy atom. The van der Waals surface area contributed by atoms with Crippen LogP contribution in [0.4, 0.5) is 10.1 Å². The van der Waals surface area contributed by atoms with Crippen LogP contribution in [0.3, 0.4) is 0 Å². The van der Waals surface area contributed by atoms with Crippen molar-refractivity contribution in [3.05, 3.63) is 82.7 Å². The highest BCUT2D eigenvalue weighted by molar-refractivity contribution is 5.99. The van der Waals surface area contributed by atoms with E-state index in [4.69, 9.17) is 19.5 Å². The number of benzene rings is 3. The van der Waals surface area contributed by atoms with E-state index in [0.29, 0.717) is 33.9 Å². The molecule has 1 aliphatic rings. The van der Waals surface area contributed by atoms with Crippen molar-refractivity contribution < 1.29 is 28.2 Å². The second-order valence-corrected chi connectivity index (χ2v) is 8.18. The van der Waals surface area contributed by atoms with Gasteiger partial charge in [0.25, 0.3) is 11.8 Å². The van der Waals surface area contributed by atoms with Crippen molar-refractivity contribution in [3.8, 4) is 23.3 Å². The molecule has 1 N–H and O–H groups in total. The maximum atomic E-state index is 15.3. The summed E-state index contributed by atoms with van der Waals surface area (Å²) in [4.78, 5) is 28.2. The number of aryl methyl sites for hydroxylation is 1. The molecule has 184 valence electrons. The molecule has 1 unspecified atom stereocenters. The number of amides is 2. The number of carbonyl (C=O) groups is 2. The fourth-order valence-corrected chi connectivity index (χ4v) is 4.10. The molecule has 9 heteroatoms. The molecule has 1 heterocycles. The van der Waals surface area contributed by atoms with Gasteiger partial charge in [0.2, 0.25) is 0 Å². The number of ether oxygens (including phenoxy) is 3. The van der Waals surface area contributed by atoms with Crippen LogP contribution in [-0.2, 0) is 16.1 Å². The maximum Gasteiger partial charge on any atom is 0.261 e. The third-order valence-corrected chi connectivity index (χ3v) is 5.95. The van der Waals surface area contributed by atoms with Crippen molar-refractivity contribution in [3.63, 3.8) is 0 Å². The van der Waals surface area contributed by atoms with Crippen molar-refractivity contribution in [2.24, 2.45) is 0 Å². The first-order valence-electron chi connectivity index (χ1n) is 11.1. The van der Waals surface area contributed by atoms with Gasteiger partial charge in [0.05, 0.1) is 38.0 Å². The summed E-state index contributed by atoms with van der Waals surface area (Å²) in [5, 5.41) is 11.8. The third kappa shape index (κ3) is 4.79. The Kier molecular flexibility index (Phi) is 7.06. The second kappa shape index (κ2) is 10.4. The number of nitrogens with zero attached hydrogens (tertiary/aromatic N) is 2. The van der Waals surface area contributed by atoms with E-state index in [1.807, 2.05) is 6.07 Å². The molecule has 0 saturated carbocycles. The first kappa shape index (κ1) is 24.5. The number of anilines is 1. The van der Waals surface area contributed by atoms with Crippen LogP contribution in [0.1, 0.15) is 28.3 Å². The summed E-state index contributed by atoms with van der Waals surface area (Å²) < 4.78 is 31.7. The standard InChI is InChI=1S/C27H24FN3O5/c1-16-4-11-21(28)24-25(27(33)30-19-8-5-17(13-29)6-9-19)31(23(32)15-36-26(16)24)14-18-7-10-20(34-2)12-22(18)35-3/h4-12,25H,14-15H2,1-3H3,(H,30,33). The van der Waals surface area contributed by atoms with E-state index in [1.54, 1.807) is 49.4 Å². The molecule has 0 radical (unpaired) electrons. The molecule has 2 amide bonds. The zero-order chi connectivity index (χ0) is 25.8. The Labute approximate surface area is 207 Å². The van der Waals surface area contributed by atoms with Gasteiger partial charge in [0.1, 0.15) is 29.1 Å². The Balaban J connectivity index is 1.80. The van der Waals surface area contributed by atoms with E-state index < -0.39 is 23.7 Å². The van der Waals surface area contributed by atoms with E-state index in [9.17, 15) is 9.59 Å². The fraction of sp³-hybridized carbons (Fsp3) is 0.222. The number of nitriles is 1. The van der Waals surface area contributed by atoms with Crippen molar-refractivity contribution in [1.29, 1.82) is 5.26 Å². The van der Waals surface area contributed by atoms with Gasteiger partial charge in [-0.05, 0) is 55.0 Å². The van der Waals surface area contributed by atoms with Gasteiger partial charge < -0.3 is 24.4 Å². The average Bonchev–Trinajstić information content (AvgIpc) is 3.04. The molecule has 0 aromatic heterocycles. The Morgan fingerprint density at radius 3 is 2.58 bits per heavy atom. The molecular formula is C27H24FN3O5. The smallest absolute Gasteiger partial charge is 0.261 e. The van der Waals surface area contributed by atoms with E-state index in [0.717, 1.165) is 0 Å². The summed E-state index contributed by atoms with van der Waals surface area (Å²) in [6, 6.07) is 14.8. The number of fused-ring (bicyclic) bond motifs is 1. The van der Waals surface area contributed by atoms with E-state index in [2.05, 4.69) is 5.32 Å². The predicted octanol–water partition coefficient (Wildman–Crippen LogP) is 4.12. The van der Waals surface area contributed by atoms with Gasteiger partial charge in [-0.3, -0.25) is 9.59 Å². The summed E-state index contributed by atoms with van der Waals surface area (Å²) >= 11 is 0. The number of methoxy groups -OCH3 is 2. The first-order valence-corrected chi connectivity index (χ1v) is 11.1. The highest BCUT2D eigenvalue weighted by Gasteiger charge is 2.39. The number of rotatable bonds is 6. The van der Waals surface area contributed by atoms with Gasteiger partial charge in [-0.15, -0.1) is 0 Å². The topological polar surface area (TPSA) is 101 Å². The van der Waals surface area contributed by atoms with Crippen LogP contribution in [0.5, 0.6) is 17.2 Å². The summed E-state index contributed by atoms with van der Waals surface area (Å²) in [6.45, 7) is 1.31. The highest BCUT2D eigenvalue weighted by atomic mass is 19.1. The molecule has 0 spiro atoms. The Bertz CT molecular complexity index is 1350. The summed E-state index contributed by atoms with van der Waals surface area (Å²) in [5.41, 5.74) is 1.98. The number of hydrogen-bond acceptors (Lipinski definition) is 6. The quantitative estimate of drug-likeness (QED) is 0.559. The molecule has 1 atom stereocenters. The molecule has 8 nitrogen and oxygen atoms in total. The lowest BCUT2D eigenvalue weighted by Crippen LogP contribution is -2.41. The van der Waals surface area contributed by atoms with Gasteiger partial charge >= 0.3 is 0 Å². The van der Waals surface area contributed by atoms with Gasteiger partial charge in [-0.25, -0.2) is 4.39 Å². The highest BCUT2D eigenvalue weighted by Crippen LogP contribution is 2.39. The minimum atomic E-state index is -1.34. The Morgan fingerprint density at radius 2 is 1.92 bits per heavy atom. The number of halogens is 1. The van der Waals surface area contributed by atoms with Gasteiger partial charge in [0.15, 0.2) is 6.61 Å². The van der Waals surface area contributed by atoms with Gasteiger partial charge in [-0.2, -0.15) is 5.26 Å². The number of nitrogens with one attached hydrogen (secondary N) is 1. The zero-order valence-corrected chi connectivity index (χ0v) is 20.0. The average molecular weight is 490 g/mol. The lowest BCUT2D eigenvalue weighted by molar-refractivity contribution is -0.140. The molecular weight excluding hydrogens is 465 g/mol. The molecule has 0 aliphatic carbocycles. The monoisotopic (exact) mass is 489 g/mol. The predicted molar refractivity (Wildman–Crippen MR) is 129 cm³/mol. The van der Waals surface area contributed by atoms with Crippen LogP contribution < -0.4 is 19.5 Å². The summed E-state index contributed by atoms with van der Waals surface area (Å²) in [5.74, 6) is -0.629. The number of carbonyl (C=O) groups excluding carboxylic acids is 2. The van der Waals surface area contributed by atoms with E-state index >= 15 is 4.39 Å². The molecule has 3 aromatic carbocycles. The van der Waals surface area contributed by atoms with Crippen molar-refractivity contribution in [2.75, 3.05) is 26.1 Å². The molecule has 0 saturated heterocycles. The normalized spacial score (nSPS) is 14.7. The van der Waals surface area contributed by atoms with Crippen molar-refractivity contribution >= 4 is 17.5 Å². The van der Waals surface area contributed by atoms with Crippen LogP contribution >= 0.6 is 0 Å². The lowest BCUT2D eigenvalue weighted by Gasteiger charge is -2.30. The van der Waals surface area contributed by atoms with Gasteiger partial charge in [0, 0.05) is 17.3 Å². The fourth-order valence-electron chi connectivity index (χ4n) is 4.10. The zero-order valence-electron chi connectivity index (χ0n) is 20.0. The summed E-state index contributed by atoms with van der Waals surface area (Å²) in [6.07, 6.45) is 0. The van der Waals surface area contributed by atoms with Crippen LogP contribution in [0, 0.1) is 24.1 Å². The molecule has 0 bridgehead atoms. The third-order valence-electron chi connectivity index (χ3n) is 5.95. The molecule has 1 aliphatic heterocycles. The minimum Gasteiger partial charge on any atom is -0.497 e. The lowest BCUT2D eigenvalue weighted by atomic mass is 9.98. The second-order valence-electron chi connectivity index (χ2n) is 8.18. The SMILES string of the molecule is COc1ccc(CN2C(=O)COc3c(C)ccc(F)c3C2C(=O)Nc2ccc(C#N)cc2)c(OC)c1. The van der Waals surface area contributed by atoms with Crippen LogP contribution in [0.2, 0.25) is 0 Å². The maximum absolute atomic E-state index is 15.3. The molecule has 36 heavy (non-hydrogen) atoms. The minimum absolute atomic E-state index is 0.0283. The largest absolute Gasteiger partial charge is 0.497 e. The van der Waals surface area contributed by atoms with E-state index in [1.165, 1.54) is 31.3 Å². The van der Waals surface area contributed by atoms with Crippen LogP contribution in [0.25, 0.3) is 0 Å². The molecule has 0 fully saturated rings. The molecule has 3 aromatic rings. The van der Waals surface area contributed by atoms with Crippen molar-refractivity contribution in [1.82, 2.24) is 4.90 Å². The van der Waals surface area contributed by atoms with E-state index in [-0.39, 0.29) is 24.5 Å².